The van der Waals surface area contributed by atoms with Crippen molar-refractivity contribution in [1.29, 1.82) is 5.26 Å². The first-order valence-electron chi connectivity index (χ1n) is 5.38. The van der Waals surface area contributed by atoms with Gasteiger partial charge in [-0.2, -0.15) is 5.26 Å². The number of aryl methyl sites for hydroxylation is 1. The molecule has 90 valence electrons. The fourth-order valence-electron chi connectivity index (χ4n) is 2.14. The molecule has 1 aliphatic rings. The normalized spacial score (nSPS) is 18.1. The summed E-state index contributed by atoms with van der Waals surface area (Å²) in [5.74, 6) is 0.412. The zero-order chi connectivity index (χ0) is 12.7. The van der Waals surface area contributed by atoms with E-state index >= 15 is 0 Å². The fourth-order valence-corrected chi connectivity index (χ4v) is 2.98. The Kier molecular flexibility index (Phi) is 2.35. The number of nitrogens with one attached hydrogen (secondary N) is 1. The highest BCUT2D eigenvalue weighted by molar-refractivity contribution is 7.10. The number of ether oxygens (including phenoxy) is 1. The number of nitriles is 1. The first kappa shape index (κ1) is 10.9. The minimum atomic E-state index is -0.183. The van der Waals surface area contributed by atoms with E-state index in [4.69, 9.17) is 10.5 Å². The molecule has 3 N–H and O–H groups in total. The van der Waals surface area contributed by atoms with Gasteiger partial charge < -0.3 is 10.5 Å². The molecule has 1 aliphatic heterocycles. The van der Waals surface area contributed by atoms with E-state index in [1.54, 1.807) is 11.3 Å². The summed E-state index contributed by atoms with van der Waals surface area (Å²) in [7, 11) is 0. The van der Waals surface area contributed by atoms with Crippen molar-refractivity contribution in [3.63, 3.8) is 0 Å². The van der Waals surface area contributed by atoms with Crippen LogP contribution >= 0.6 is 11.3 Å². The third-order valence-corrected chi connectivity index (χ3v) is 3.89. The lowest BCUT2D eigenvalue weighted by Gasteiger charge is -2.22. The second kappa shape index (κ2) is 3.89. The number of thiophene rings is 1. The van der Waals surface area contributed by atoms with Crippen LogP contribution in [-0.2, 0) is 0 Å². The van der Waals surface area contributed by atoms with Crippen molar-refractivity contribution in [2.75, 3.05) is 0 Å². The number of H-pyrrole nitrogens is 1. The van der Waals surface area contributed by atoms with Crippen LogP contribution in [0.1, 0.15) is 22.1 Å². The molecule has 0 spiro atoms. The first-order chi connectivity index (χ1) is 8.72. The summed E-state index contributed by atoms with van der Waals surface area (Å²) in [6.07, 6.45) is 0. The van der Waals surface area contributed by atoms with Crippen LogP contribution in [0.25, 0.3) is 0 Å². The molecule has 0 bridgehead atoms. The van der Waals surface area contributed by atoms with Crippen LogP contribution in [0.5, 0.6) is 5.88 Å². The Bertz CT molecular complexity index is 663. The van der Waals surface area contributed by atoms with Gasteiger partial charge in [0.25, 0.3) is 0 Å². The Morgan fingerprint density at radius 2 is 2.44 bits per heavy atom. The lowest BCUT2D eigenvalue weighted by molar-refractivity contribution is 0.379. The maximum atomic E-state index is 9.29. The predicted molar refractivity (Wildman–Crippen MR) is 66.9 cm³/mol. The molecule has 0 saturated heterocycles. The number of nitrogens with two attached hydrogens (primary N) is 1. The van der Waals surface area contributed by atoms with Crippen LogP contribution < -0.4 is 10.5 Å². The molecule has 6 heteroatoms. The lowest BCUT2D eigenvalue weighted by atomic mass is 9.89. The second-order valence-electron chi connectivity index (χ2n) is 4.01. The van der Waals surface area contributed by atoms with Crippen LogP contribution in [0.3, 0.4) is 0 Å². The number of hydrogen-bond donors (Lipinski definition) is 2. The van der Waals surface area contributed by atoms with Crippen LogP contribution in [0.15, 0.2) is 29.0 Å². The van der Waals surface area contributed by atoms with Crippen molar-refractivity contribution >= 4 is 11.3 Å². The molecular weight excluding hydrogens is 248 g/mol. The average molecular weight is 258 g/mol. The van der Waals surface area contributed by atoms with Gasteiger partial charge in [-0.25, -0.2) is 0 Å². The molecule has 3 rings (SSSR count). The molecule has 1 atom stereocenters. The van der Waals surface area contributed by atoms with E-state index in [1.807, 2.05) is 24.4 Å². The van der Waals surface area contributed by atoms with Gasteiger partial charge in [0.05, 0.1) is 11.5 Å². The number of nitrogens with zero attached hydrogens (tertiary/aromatic N) is 2. The van der Waals surface area contributed by atoms with Crippen LogP contribution in [0.4, 0.5) is 0 Å². The highest BCUT2D eigenvalue weighted by Crippen LogP contribution is 2.43. The summed E-state index contributed by atoms with van der Waals surface area (Å²) in [6, 6.07) is 6.09. The summed E-state index contributed by atoms with van der Waals surface area (Å²) in [4.78, 5) is 1.06. The van der Waals surface area contributed by atoms with Gasteiger partial charge in [-0.15, -0.1) is 16.4 Å². The van der Waals surface area contributed by atoms with Crippen molar-refractivity contribution in [2.24, 2.45) is 5.73 Å². The van der Waals surface area contributed by atoms with E-state index in [9.17, 15) is 5.26 Å². The van der Waals surface area contributed by atoms with E-state index in [2.05, 4.69) is 16.3 Å². The van der Waals surface area contributed by atoms with Gasteiger partial charge in [0, 0.05) is 10.6 Å². The van der Waals surface area contributed by atoms with Gasteiger partial charge >= 0.3 is 0 Å². The standard InChI is InChI=1S/C12H10N4OS/c1-6-9-10(8-3-2-4-18-8)7(5-13)11(14)17-12(9)16-15-6/h2-4,10H,14H2,1H3,(H,15,16). The lowest BCUT2D eigenvalue weighted by Crippen LogP contribution is -2.20. The van der Waals surface area contributed by atoms with Crippen molar-refractivity contribution in [1.82, 2.24) is 10.2 Å². The molecule has 0 radical (unpaired) electrons. The third-order valence-electron chi connectivity index (χ3n) is 2.96. The number of aromatic amines is 1. The summed E-state index contributed by atoms with van der Waals surface area (Å²) in [5.41, 5.74) is 8.02. The molecule has 0 aromatic carbocycles. The average Bonchev–Trinajstić information content (AvgIpc) is 2.98. The van der Waals surface area contributed by atoms with Crippen molar-refractivity contribution in [3.8, 4) is 11.9 Å². The number of hydrogen-bond acceptors (Lipinski definition) is 5. The number of fused-ring (bicyclic) bond motifs is 1. The van der Waals surface area contributed by atoms with E-state index in [0.717, 1.165) is 16.1 Å². The maximum absolute atomic E-state index is 9.29. The zero-order valence-electron chi connectivity index (χ0n) is 9.60. The molecule has 2 aromatic rings. The van der Waals surface area contributed by atoms with E-state index < -0.39 is 0 Å². The Hall–Kier alpha value is -2.26. The molecule has 1 unspecified atom stereocenters. The Morgan fingerprint density at radius 3 is 3.11 bits per heavy atom. The molecule has 5 nitrogen and oxygen atoms in total. The smallest absolute Gasteiger partial charge is 0.244 e. The van der Waals surface area contributed by atoms with E-state index in [0.29, 0.717) is 11.5 Å². The molecule has 3 heterocycles. The number of aromatic nitrogens is 2. The van der Waals surface area contributed by atoms with Gasteiger partial charge in [0.15, 0.2) is 0 Å². The highest BCUT2D eigenvalue weighted by Gasteiger charge is 2.34. The Morgan fingerprint density at radius 1 is 1.61 bits per heavy atom. The van der Waals surface area contributed by atoms with Crippen molar-refractivity contribution in [3.05, 3.63) is 45.1 Å². The second-order valence-corrected chi connectivity index (χ2v) is 4.99. The zero-order valence-corrected chi connectivity index (χ0v) is 10.4. The van der Waals surface area contributed by atoms with Gasteiger partial charge in [-0.1, -0.05) is 6.07 Å². The predicted octanol–water partition coefficient (Wildman–Crippen LogP) is 2.00. The highest BCUT2D eigenvalue weighted by atomic mass is 32.1. The Balaban J connectivity index is 2.25. The van der Waals surface area contributed by atoms with E-state index in [-0.39, 0.29) is 11.8 Å². The van der Waals surface area contributed by atoms with Gasteiger partial charge in [0.1, 0.15) is 11.6 Å². The minimum absolute atomic E-state index is 0.134. The molecule has 0 fully saturated rings. The third kappa shape index (κ3) is 1.41. The molecule has 0 amide bonds. The number of allylic oxidation sites excluding steroid dienone is 1. The minimum Gasteiger partial charge on any atom is -0.420 e. The molecule has 0 aliphatic carbocycles. The largest absolute Gasteiger partial charge is 0.420 e. The van der Waals surface area contributed by atoms with Crippen molar-refractivity contribution in [2.45, 2.75) is 12.8 Å². The Labute approximate surface area is 108 Å². The summed E-state index contributed by atoms with van der Waals surface area (Å²) in [5, 5.41) is 18.2. The van der Waals surface area contributed by atoms with Gasteiger partial charge in [-0.3, -0.25) is 5.10 Å². The van der Waals surface area contributed by atoms with E-state index in [1.165, 1.54) is 0 Å². The summed E-state index contributed by atoms with van der Waals surface area (Å²) in [6.45, 7) is 1.91. The number of rotatable bonds is 1. The molecule has 0 saturated carbocycles. The quantitative estimate of drug-likeness (QED) is 0.818. The van der Waals surface area contributed by atoms with Crippen LogP contribution in [0.2, 0.25) is 0 Å². The SMILES string of the molecule is Cc1[nH]nc2c1C(c1cccs1)C(C#N)=C(N)O2. The molecule has 18 heavy (non-hydrogen) atoms. The molecular formula is C12H10N4OS. The van der Waals surface area contributed by atoms with Crippen LogP contribution in [-0.4, -0.2) is 10.2 Å². The molecule has 2 aromatic heterocycles. The summed E-state index contributed by atoms with van der Waals surface area (Å²) >= 11 is 1.59. The van der Waals surface area contributed by atoms with Crippen LogP contribution in [0, 0.1) is 18.3 Å². The fraction of sp³-hybridized carbons (Fsp3) is 0.167. The van der Waals surface area contributed by atoms with Gasteiger partial charge in [-0.05, 0) is 18.4 Å². The van der Waals surface area contributed by atoms with Gasteiger partial charge in [0.2, 0.25) is 11.8 Å². The summed E-state index contributed by atoms with van der Waals surface area (Å²) < 4.78 is 5.38. The maximum Gasteiger partial charge on any atom is 0.244 e. The first-order valence-corrected chi connectivity index (χ1v) is 6.26. The van der Waals surface area contributed by atoms with Crippen molar-refractivity contribution < 1.29 is 4.74 Å². The topological polar surface area (TPSA) is 87.7 Å². The monoisotopic (exact) mass is 258 g/mol.